The molecule has 4 rings (SSSR count). The number of halogens is 4. The van der Waals surface area contributed by atoms with E-state index in [1.165, 1.54) is 10.7 Å². The number of anilines is 1. The molecule has 9 heteroatoms. The molecule has 32 heavy (non-hydrogen) atoms. The number of hydrogen-bond donors (Lipinski definition) is 1. The number of pyridine rings is 1. The molecule has 2 aromatic heterocycles. The van der Waals surface area contributed by atoms with E-state index in [0.717, 1.165) is 11.4 Å². The monoisotopic (exact) mass is 516 g/mol. The van der Waals surface area contributed by atoms with Crippen LogP contribution in [0.25, 0.3) is 16.9 Å². The topological polar surface area (TPSA) is 59.8 Å². The summed E-state index contributed by atoms with van der Waals surface area (Å²) < 4.78 is 30.2. The van der Waals surface area contributed by atoms with Crippen LogP contribution in [-0.2, 0) is 5.92 Å². The zero-order valence-corrected chi connectivity index (χ0v) is 19.0. The Bertz CT molecular complexity index is 1270. The molecule has 0 saturated carbocycles. The second-order valence-electron chi connectivity index (χ2n) is 7.06. The largest absolute Gasteiger partial charge is 0.307 e. The maximum absolute atomic E-state index is 14.0. The normalized spacial score (nSPS) is 11.4. The van der Waals surface area contributed by atoms with Crippen LogP contribution < -0.4 is 5.32 Å². The first kappa shape index (κ1) is 22.1. The molecule has 0 radical (unpaired) electrons. The number of hydrogen-bond acceptors (Lipinski definition) is 3. The number of benzene rings is 2. The second-order valence-corrected chi connectivity index (χ2v) is 8.38. The summed E-state index contributed by atoms with van der Waals surface area (Å²) in [6.07, 6.45) is 1.58. The molecule has 5 nitrogen and oxygen atoms in total. The summed E-state index contributed by atoms with van der Waals surface area (Å²) >= 11 is 9.58. The summed E-state index contributed by atoms with van der Waals surface area (Å²) in [4.78, 5) is 16.6. The predicted octanol–water partition coefficient (Wildman–Crippen LogP) is 6.71. The Hall–Kier alpha value is -3.10. The molecule has 0 aliphatic heterocycles. The Balaban J connectivity index is 1.67. The van der Waals surface area contributed by atoms with E-state index >= 15 is 0 Å². The minimum atomic E-state index is -3.13. The van der Waals surface area contributed by atoms with Gasteiger partial charge in [-0.1, -0.05) is 35.9 Å². The molecule has 0 spiro atoms. The molecule has 0 aliphatic rings. The lowest BCUT2D eigenvalue weighted by Gasteiger charge is -2.10. The average Bonchev–Trinajstić information content (AvgIpc) is 3.21. The van der Waals surface area contributed by atoms with Crippen molar-refractivity contribution in [1.29, 1.82) is 0 Å². The average molecular weight is 518 g/mol. The van der Waals surface area contributed by atoms with E-state index in [4.69, 9.17) is 11.6 Å². The molecule has 0 saturated heterocycles. The van der Waals surface area contributed by atoms with Crippen molar-refractivity contribution in [3.05, 3.63) is 93.7 Å². The van der Waals surface area contributed by atoms with Crippen molar-refractivity contribution >= 4 is 39.3 Å². The molecule has 0 atom stereocenters. The number of carbonyl (C=O) groups is 1. The number of nitrogens with one attached hydrogen (secondary N) is 1. The summed E-state index contributed by atoms with van der Waals surface area (Å²) in [5.41, 5.74) is 1.52. The van der Waals surface area contributed by atoms with Gasteiger partial charge in [-0.3, -0.25) is 4.79 Å². The van der Waals surface area contributed by atoms with E-state index in [1.807, 2.05) is 0 Å². The third-order valence-corrected chi connectivity index (χ3v) is 5.44. The van der Waals surface area contributed by atoms with Crippen LogP contribution in [0.5, 0.6) is 0 Å². The highest BCUT2D eigenvalue weighted by molar-refractivity contribution is 9.10. The Morgan fingerprint density at radius 1 is 1.09 bits per heavy atom. The summed E-state index contributed by atoms with van der Waals surface area (Å²) in [6.45, 7) is 0.791. The first-order valence-corrected chi connectivity index (χ1v) is 10.7. The molecule has 0 fully saturated rings. The summed E-state index contributed by atoms with van der Waals surface area (Å²) in [7, 11) is 0. The fourth-order valence-corrected chi connectivity index (χ4v) is 3.49. The zero-order chi connectivity index (χ0) is 22.9. The molecule has 162 valence electrons. The van der Waals surface area contributed by atoms with Gasteiger partial charge in [0.2, 0.25) is 0 Å². The molecule has 1 amide bonds. The van der Waals surface area contributed by atoms with Gasteiger partial charge < -0.3 is 5.32 Å². The first-order chi connectivity index (χ1) is 15.2. The van der Waals surface area contributed by atoms with Crippen molar-refractivity contribution in [3.8, 4) is 16.9 Å². The van der Waals surface area contributed by atoms with Crippen molar-refractivity contribution in [1.82, 2.24) is 14.8 Å². The van der Waals surface area contributed by atoms with Crippen LogP contribution in [-0.4, -0.2) is 20.7 Å². The van der Waals surface area contributed by atoms with Crippen molar-refractivity contribution in [2.45, 2.75) is 12.8 Å². The molecule has 2 heterocycles. The highest BCUT2D eigenvalue weighted by Gasteiger charge is 2.30. The van der Waals surface area contributed by atoms with E-state index in [1.54, 1.807) is 66.9 Å². The number of amides is 1. The highest BCUT2D eigenvalue weighted by Crippen LogP contribution is 2.33. The number of carbonyl (C=O) groups excluding carboxylic acids is 1. The molecular weight excluding hydrogens is 502 g/mol. The lowest BCUT2D eigenvalue weighted by atomic mass is 10.1. The van der Waals surface area contributed by atoms with Crippen molar-refractivity contribution in [3.63, 3.8) is 0 Å². The van der Waals surface area contributed by atoms with Crippen LogP contribution in [0.1, 0.15) is 23.0 Å². The predicted molar refractivity (Wildman–Crippen MR) is 123 cm³/mol. The number of nitrogens with zero attached hydrogens (tertiary/aromatic N) is 3. The van der Waals surface area contributed by atoms with Crippen molar-refractivity contribution in [2.24, 2.45) is 0 Å². The van der Waals surface area contributed by atoms with Gasteiger partial charge in [-0.05, 0) is 58.4 Å². The Morgan fingerprint density at radius 3 is 2.44 bits per heavy atom. The van der Waals surface area contributed by atoms with Gasteiger partial charge in [0.25, 0.3) is 11.8 Å². The van der Waals surface area contributed by atoms with Crippen molar-refractivity contribution in [2.75, 3.05) is 5.32 Å². The van der Waals surface area contributed by atoms with Crippen molar-refractivity contribution < 1.29 is 13.6 Å². The number of para-hydroxylation sites is 1. The van der Waals surface area contributed by atoms with Gasteiger partial charge >= 0.3 is 0 Å². The van der Waals surface area contributed by atoms with Crippen LogP contribution in [0.2, 0.25) is 5.02 Å². The van der Waals surface area contributed by atoms with Crippen LogP contribution in [0.4, 0.5) is 14.6 Å². The van der Waals surface area contributed by atoms with E-state index in [9.17, 15) is 13.6 Å². The zero-order valence-electron chi connectivity index (χ0n) is 16.7. The van der Waals surface area contributed by atoms with Crippen LogP contribution in [0, 0.1) is 0 Å². The van der Waals surface area contributed by atoms with Crippen LogP contribution >= 0.6 is 27.5 Å². The molecule has 1 N–H and O–H groups in total. The SMILES string of the molecule is CC(F)(F)c1cc(-c2ccc(C(=O)Nc3ccc(Br)cn3)cc2)n(-c2ccccc2Cl)n1. The van der Waals surface area contributed by atoms with Gasteiger partial charge in [-0.25, -0.2) is 9.67 Å². The quantitative estimate of drug-likeness (QED) is 0.320. The maximum Gasteiger partial charge on any atom is 0.288 e. The van der Waals surface area contributed by atoms with Crippen LogP contribution in [0.15, 0.2) is 77.4 Å². The molecule has 0 unspecified atom stereocenters. The van der Waals surface area contributed by atoms with Crippen LogP contribution in [0.3, 0.4) is 0 Å². The third kappa shape index (κ3) is 4.71. The third-order valence-electron chi connectivity index (χ3n) is 4.65. The fourth-order valence-electron chi connectivity index (χ4n) is 3.04. The molecule has 2 aromatic carbocycles. The van der Waals surface area contributed by atoms with E-state index in [-0.39, 0.29) is 11.6 Å². The van der Waals surface area contributed by atoms with Gasteiger partial charge in [0.15, 0.2) is 0 Å². The first-order valence-electron chi connectivity index (χ1n) is 9.49. The smallest absolute Gasteiger partial charge is 0.288 e. The minimum absolute atomic E-state index is 0.341. The number of rotatable bonds is 5. The second kappa shape index (κ2) is 8.80. The summed E-state index contributed by atoms with van der Waals surface area (Å²) in [6, 6.07) is 18.2. The number of aromatic nitrogens is 3. The minimum Gasteiger partial charge on any atom is -0.307 e. The molecule has 4 aromatic rings. The standard InChI is InChI=1S/C23H16BrClF2N4O/c1-23(26,27)20-12-19(31(30-20)18-5-3-2-4-17(18)25)14-6-8-15(9-7-14)22(32)29-21-11-10-16(24)13-28-21/h2-13H,1H3,(H,28,29,32). The summed E-state index contributed by atoms with van der Waals surface area (Å²) in [5, 5.41) is 7.18. The lowest BCUT2D eigenvalue weighted by Crippen LogP contribution is -2.12. The molecule has 0 bridgehead atoms. The fraction of sp³-hybridized carbons (Fsp3) is 0.0870. The van der Waals surface area contributed by atoms with Gasteiger partial charge in [0, 0.05) is 28.7 Å². The van der Waals surface area contributed by atoms with E-state index in [0.29, 0.717) is 33.3 Å². The Kier molecular flexibility index (Phi) is 6.08. The van der Waals surface area contributed by atoms with E-state index < -0.39 is 5.92 Å². The summed E-state index contributed by atoms with van der Waals surface area (Å²) in [5.74, 6) is -3.06. The van der Waals surface area contributed by atoms with Gasteiger partial charge in [-0.15, -0.1) is 0 Å². The molecule has 0 aliphatic carbocycles. The highest BCUT2D eigenvalue weighted by atomic mass is 79.9. The van der Waals surface area contributed by atoms with Gasteiger partial charge in [0.1, 0.15) is 11.5 Å². The van der Waals surface area contributed by atoms with Gasteiger partial charge in [-0.2, -0.15) is 13.9 Å². The van der Waals surface area contributed by atoms with Gasteiger partial charge in [0.05, 0.1) is 16.4 Å². The Morgan fingerprint density at radius 2 is 1.81 bits per heavy atom. The number of alkyl halides is 2. The van der Waals surface area contributed by atoms with E-state index in [2.05, 4.69) is 31.3 Å². The lowest BCUT2D eigenvalue weighted by molar-refractivity contribution is 0.0124. The molecular formula is C23H16BrClF2N4O. The maximum atomic E-state index is 14.0. The Labute approximate surface area is 196 Å².